The van der Waals surface area contributed by atoms with Crippen molar-refractivity contribution in [2.45, 2.75) is 39.7 Å². The molecule has 88 valence electrons. The molecule has 0 saturated heterocycles. The summed E-state index contributed by atoms with van der Waals surface area (Å²) in [7, 11) is 1.85. The second kappa shape index (κ2) is 8.70. The Labute approximate surface area is 94.5 Å². The molecule has 3 heteroatoms. The summed E-state index contributed by atoms with van der Waals surface area (Å²) in [5.74, 6) is 0.765. The predicted molar refractivity (Wildman–Crippen MR) is 64.6 cm³/mol. The molecule has 1 unspecified atom stereocenters. The summed E-state index contributed by atoms with van der Waals surface area (Å²) in [4.78, 5) is 2.36. The van der Waals surface area contributed by atoms with Gasteiger partial charge in [0.2, 0.25) is 0 Å². The summed E-state index contributed by atoms with van der Waals surface area (Å²) in [5.41, 5.74) is 0. The van der Waals surface area contributed by atoms with Crippen LogP contribution in [0.2, 0.25) is 0 Å². The minimum Gasteiger partial charge on any atom is -0.304 e. The first-order valence-electron chi connectivity index (χ1n) is 6.00. The monoisotopic (exact) mass is 211 g/mol. The quantitative estimate of drug-likeness (QED) is 0.666. The number of hydrogen-bond donors (Lipinski definition) is 1. The summed E-state index contributed by atoms with van der Waals surface area (Å²) < 4.78 is 0. The van der Waals surface area contributed by atoms with Crippen molar-refractivity contribution >= 4 is 0 Å². The van der Waals surface area contributed by atoms with Gasteiger partial charge < -0.3 is 10.2 Å². The summed E-state index contributed by atoms with van der Waals surface area (Å²) in [6.07, 6.45) is 2.45. The Kier molecular flexibility index (Phi) is 8.35. The number of nitrogens with zero attached hydrogens (tertiary/aromatic N) is 2. The first-order valence-corrected chi connectivity index (χ1v) is 6.00. The van der Waals surface area contributed by atoms with E-state index in [0.717, 1.165) is 25.6 Å². The van der Waals surface area contributed by atoms with Crippen molar-refractivity contribution in [3.63, 3.8) is 0 Å². The van der Waals surface area contributed by atoms with Crippen LogP contribution < -0.4 is 5.32 Å². The third kappa shape index (κ3) is 5.76. The normalized spacial score (nSPS) is 13.1. The van der Waals surface area contributed by atoms with E-state index < -0.39 is 0 Å². The Balaban J connectivity index is 4.07. The maximum atomic E-state index is 8.88. The van der Waals surface area contributed by atoms with Gasteiger partial charge in [-0.2, -0.15) is 5.26 Å². The first kappa shape index (κ1) is 14.4. The van der Waals surface area contributed by atoms with Crippen LogP contribution >= 0.6 is 0 Å². The van der Waals surface area contributed by atoms with Gasteiger partial charge >= 0.3 is 0 Å². The average molecular weight is 211 g/mol. The third-order valence-electron chi connectivity index (χ3n) is 3.06. The topological polar surface area (TPSA) is 39.1 Å². The lowest BCUT2D eigenvalue weighted by Gasteiger charge is -2.26. The molecule has 0 aliphatic rings. The molecule has 0 heterocycles. The molecule has 3 nitrogen and oxygen atoms in total. The van der Waals surface area contributed by atoms with Gasteiger partial charge in [-0.05, 0) is 19.5 Å². The zero-order chi connectivity index (χ0) is 11.7. The second-order valence-electron chi connectivity index (χ2n) is 4.01. The summed E-state index contributed by atoms with van der Waals surface area (Å²) in [6.45, 7) is 9.61. The molecule has 0 aliphatic heterocycles. The molecule has 1 N–H and O–H groups in total. The lowest BCUT2D eigenvalue weighted by Crippen LogP contribution is -2.40. The number of nitriles is 1. The van der Waals surface area contributed by atoms with E-state index in [2.05, 4.69) is 37.1 Å². The molecule has 0 aromatic heterocycles. The minimum absolute atomic E-state index is 0.0423. The number of hydrogen-bond acceptors (Lipinski definition) is 3. The summed E-state index contributed by atoms with van der Waals surface area (Å²) in [6, 6.07) is 2.23. The van der Waals surface area contributed by atoms with Gasteiger partial charge in [0, 0.05) is 13.1 Å². The Hall–Kier alpha value is -0.590. The molecule has 0 saturated carbocycles. The van der Waals surface area contributed by atoms with Crippen molar-refractivity contribution in [2.75, 3.05) is 26.7 Å². The molecular weight excluding hydrogens is 186 g/mol. The van der Waals surface area contributed by atoms with Crippen LogP contribution in [0.15, 0.2) is 0 Å². The molecule has 0 aliphatic carbocycles. The predicted octanol–water partition coefficient (Wildman–Crippen LogP) is 1.86. The van der Waals surface area contributed by atoms with Gasteiger partial charge in [-0.25, -0.2) is 0 Å². The molecule has 0 bridgehead atoms. The van der Waals surface area contributed by atoms with E-state index >= 15 is 0 Å². The Morgan fingerprint density at radius 1 is 1.20 bits per heavy atom. The molecule has 0 radical (unpaired) electrons. The maximum absolute atomic E-state index is 8.88. The van der Waals surface area contributed by atoms with E-state index in [9.17, 15) is 0 Å². The van der Waals surface area contributed by atoms with E-state index in [1.807, 2.05) is 7.05 Å². The zero-order valence-corrected chi connectivity index (χ0v) is 10.6. The average Bonchev–Trinajstić information content (AvgIpc) is 2.30. The number of rotatable bonds is 8. The first-order chi connectivity index (χ1) is 7.21. The molecule has 0 aromatic carbocycles. The highest BCUT2D eigenvalue weighted by molar-refractivity contribution is 4.91. The van der Waals surface area contributed by atoms with Crippen LogP contribution in [-0.4, -0.2) is 37.6 Å². The van der Waals surface area contributed by atoms with Crippen LogP contribution in [0.25, 0.3) is 0 Å². The van der Waals surface area contributed by atoms with Gasteiger partial charge in [-0.1, -0.05) is 33.6 Å². The highest BCUT2D eigenvalue weighted by atomic mass is 15.1. The van der Waals surface area contributed by atoms with Gasteiger partial charge in [0.15, 0.2) is 0 Å². The van der Waals surface area contributed by atoms with E-state index in [0.29, 0.717) is 0 Å². The third-order valence-corrected chi connectivity index (χ3v) is 3.06. The van der Waals surface area contributed by atoms with Crippen molar-refractivity contribution in [3.8, 4) is 6.07 Å². The maximum Gasteiger partial charge on any atom is 0.108 e. The molecular formula is C12H25N3. The van der Waals surface area contributed by atoms with Crippen LogP contribution in [0.3, 0.4) is 0 Å². The minimum atomic E-state index is -0.0423. The van der Waals surface area contributed by atoms with E-state index in [1.165, 1.54) is 12.8 Å². The smallest absolute Gasteiger partial charge is 0.108 e. The lowest BCUT2D eigenvalue weighted by molar-refractivity contribution is 0.224. The lowest BCUT2D eigenvalue weighted by atomic mass is 10.0. The van der Waals surface area contributed by atoms with Gasteiger partial charge in [0.25, 0.3) is 0 Å². The Morgan fingerprint density at radius 3 is 2.13 bits per heavy atom. The fraction of sp³-hybridized carbons (Fsp3) is 0.917. The number of likely N-dealkylation sites (N-methyl/N-ethyl adjacent to an activating group) is 2. The number of nitrogens with one attached hydrogen (secondary N) is 1. The SMILES string of the molecule is CCC(CC)CN(CC)CC(C#N)NC. The summed E-state index contributed by atoms with van der Waals surface area (Å²) in [5, 5.41) is 11.9. The van der Waals surface area contributed by atoms with Crippen molar-refractivity contribution in [1.82, 2.24) is 10.2 Å². The van der Waals surface area contributed by atoms with Crippen LogP contribution in [0, 0.1) is 17.2 Å². The molecule has 0 spiro atoms. The van der Waals surface area contributed by atoms with Crippen LogP contribution in [0.4, 0.5) is 0 Å². The van der Waals surface area contributed by atoms with Gasteiger partial charge in [0.05, 0.1) is 6.07 Å². The van der Waals surface area contributed by atoms with E-state index in [-0.39, 0.29) is 6.04 Å². The van der Waals surface area contributed by atoms with Crippen LogP contribution in [0.1, 0.15) is 33.6 Å². The fourth-order valence-electron chi connectivity index (χ4n) is 1.70. The Bertz CT molecular complexity index is 182. The second-order valence-corrected chi connectivity index (χ2v) is 4.01. The van der Waals surface area contributed by atoms with Crippen molar-refractivity contribution in [3.05, 3.63) is 0 Å². The largest absolute Gasteiger partial charge is 0.304 e. The van der Waals surface area contributed by atoms with Gasteiger partial charge in [-0.15, -0.1) is 0 Å². The molecule has 1 atom stereocenters. The zero-order valence-electron chi connectivity index (χ0n) is 10.6. The molecule has 0 aromatic rings. The van der Waals surface area contributed by atoms with Crippen LogP contribution in [0.5, 0.6) is 0 Å². The van der Waals surface area contributed by atoms with Crippen LogP contribution in [-0.2, 0) is 0 Å². The van der Waals surface area contributed by atoms with E-state index in [1.54, 1.807) is 0 Å². The van der Waals surface area contributed by atoms with Crippen molar-refractivity contribution < 1.29 is 0 Å². The highest BCUT2D eigenvalue weighted by Gasteiger charge is 2.13. The Morgan fingerprint density at radius 2 is 1.80 bits per heavy atom. The van der Waals surface area contributed by atoms with Gasteiger partial charge in [-0.3, -0.25) is 0 Å². The molecule has 0 amide bonds. The van der Waals surface area contributed by atoms with Crippen molar-refractivity contribution in [1.29, 1.82) is 5.26 Å². The molecule has 15 heavy (non-hydrogen) atoms. The van der Waals surface area contributed by atoms with E-state index in [4.69, 9.17) is 5.26 Å². The standard InChI is InChI=1S/C12H25N3/c1-5-11(6-2)9-15(7-3)10-12(8-13)14-4/h11-12,14H,5-7,9-10H2,1-4H3. The van der Waals surface area contributed by atoms with Gasteiger partial charge in [0.1, 0.15) is 6.04 Å². The summed E-state index contributed by atoms with van der Waals surface area (Å²) >= 11 is 0. The molecule has 0 fully saturated rings. The highest BCUT2D eigenvalue weighted by Crippen LogP contribution is 2.09. The van der Waals surface area contributed by atoms with Crippen molar-refractivity contribution in [2.24, 2.45) is 5.92 Å². The fourth-order valence-corrected chi connectivity index (χ4v) is 1.70. The molecule has 0 rings (SSSR count).